The first-order valence-corrected chi connectivity index (χ1v) is 9.16. The fourth-order valence-corrected chi connectivity index (χ4v) is 2.68. The fraction of sp³-hybridized carbons (Fsp3) is 0.300. The van der Waals surface area contributed by atoms with E-state index in [0.29, 0.717) is 21.4 Å². The van der Waals surface area contributed by atoms with Gasteiger partial charge in [-0.2, -0.15) is 0 Å². The van der Waals surface area contributed by atoms with Gasteiger partial charge in [0.15, 0.2) is 6.10 Å². The van der Waals surface area contributed by atoms with Crippen molar-refractivity contribution in [1.29, 1.82) is 0 Å². The molecule has 0 bridgehead atoms. The second kappa shape index (κ2) is 8.63. The summed E-state index contributed by atoms with van der Waals surface area (Å²) in [4.78, 5) is 24.3. The molecule has 0 heterocycles. The SMILES string of the molecule is C[C@@H](Oc1ccc(Cl)cc1Cl)C(=O)NNC(=O)c1ccc(C(C)(C)C)cc1. The second-order valence-electron chi connectivity index (χ2n) is 7.11. The third-order valence-corrected chi connectivity index (χ3v) is 4.41. The molecule has 0 fully saturated rings. The van der Waals surface area contributed by atoms with E-state index in [1.165, 1.54) is 6.07 Å². The van der Waals surface area contributed by atoms with Crippen molar-refractivity contribution in [2.24, 2.45) is 0 Å². The van der Waals surface area contributed by atoms with Gasteiger partial charge in [0.1, 0.15) is 5.75 Å². The predicted octanol–water partition coefficient (Wildman–Crippen LogP) is 4.52. The average Bonchev–Trinajstić information content (AvgIpc) is 2.61. The molecule has 2 aromatic rings. The van der Waals surface area contributed by atoms with Gasteiger partial charge in [0.25, 0.3) is 11.8 Å². The molecule has 0 spiro atoms. The van der Waals surface area contributed by atoms with Crippen LogP contribution in [0.2, 0.25) is 10.0 Å². The second-order valence-corrected chi connectivity index (χ2v) is 7.95. The van der Waals surface area contributed by atoms with Crippen LogP contribution < -0.4 is 15.6 Å². The van der Waals surface area contributed by atoms with Crippen molar-refractivity contribution in [3.05, 3.63) is 63.6 Å². The summed E-state index contributed by atoms with van der Waals surface area (Å²) in [6, 6.07) is 11.9. The molecule has 144 valence electrons. The molecule has 27 heavy (non-hydrogen) atoms. The topological polar surface area (TPSA) is 67.4 Å². The van der Waals surface area contributed by atoms with Gasteiger partial charge >= 0.3 is 0 Å². The Balaban J connectivity index is 1.91. The fourth-order valence-electron chi connectivity index (χ4n) is 2.23. The molecule has 2 aromatic carbocycles. The Labute approximate surface area is 169 Å². The van der Waals surface area contributed by atoms with Crippen molar-refractivity contribution in [1.82, 2.24) is 10.9 Å². The van der Waals surface area contributed by atoms with E-state index in [9.17, 15) is 9.59 Å². The van der Waals surface area contributed by atoms with Crippen molar-refractivity contribution in [2.45, 2.75) is 39.2 Å². The highest BCUT2D eigenvalue weighted by molar-refractivity contribution is 6.35. The number of amides is 2. The van der Waals surface area contributed by atoms with Gasteiger partial charge in [-0.3, -0.25) is 20.4 Å². The van der Waals surface area contributed by atoms with E-state index in [1.54, 1.807) is 31.2 Å². The Hall–Kier alpha value is -2.24. The molecule has 0 aliphatic carbocycles. The predicted molar refractivity (Wildman–Crippen MR) is 107 cm³/mol. The van der Waals surface area contributed by atoms with Crippen molar-refractivity contribution in [2.75, 3.05) is 0 Å². The number of ether oxygens (including phenoxy) is 1. The first-order chi connectivity index (χ1) is 12.6. The number of hydrogen-bond acceptors (Lipinski definition) is 3. The van der Waals surface area contributed by atoms with Crippen LogP contribution in [0.15, 0.2) is 42.5 Å². The van der Waals surface area contributed by atoms with Crippen LogP contribution in [-0.2, 0) is 10.2 Å². The number of nitrogens with one attached hydrogen (secondary N) is 2. The van der Waals surface area contributed by atoms with Crippen molar-refractivity contribution in [3.63, 3.8) is 0 Å². The zero-order valence-electron chi connectivity index (χ0n) is 15.6. The molecule has 7 heteroatoms. The van der Waals surface area contributed by atoms with Crippen molar-refractivity contribution < 1.29 is 14.3 Å². The lowest BCUT2D eigenvalue weighted by Gasteiger charge is -2.19. The monoisotopic (exact) mass is 408 g/mol. The highest BCUT2D eigenvalue weighted by atomic mass is 35.5. The molecule has 0 saturated carbocycles. The average molecular weight is 409 g/mol. The molecule has 0 saturated heterocycles. The maximum absolute atomic E-state index is 12.2. The minimum atomic E-state index is -0.868. The standard InChI is InChI=1S/C20H22Cl2N2O3/c1-12(27-17-10-9-15(21)11-16(17)22)18(25)23-24-19(26)13-5-7-14(8-6-13)20(2,3)4/h5-12H,1-4H3,(H,23,25)(H,24,26)/t12-/m1/s1. The molecule has 0 radical (unpaired) electrons. The Morgan fingerprint density at radius 1 is 1.00 bits per heavy atom. The van der Waals surface area contributed by atoms with Crippen LogP contribution in [0.3, 0.4) is 0 Å². The number of carbonyl (C=O) groups is 2. The van der Waals surface area contributed by atoms with Gasteiger partial charge in [0, 0.05) is 10.6 Å². The zero-order chi connectivity index (χ0) is 20.2. The quantitative estimate of drug-likeness (QED) is 0.730. The third kappa shape index (κ3) is 5.88. The highest BCUT2D eigenvalue weighted by Crippen LogP contribution is 2.28. The molecular weight excluding hydrogens is 387 g/mol. The summed E-state index contributed by atoms with van der Waals surface area (Å²) in [5.74, 6) is -0.603. The molecule has 0 aliphatic heterocycles. The number of carbonyl (C=O) groups excluding carboxylic acids is 2. The summed E-state index contributed by atoms with van der Waals surface area (Å²) in [5, 5.41) is 0.763. The van der Waals surface area contributed by atoms with E-state index in [1.807, 2.05) is 12.1 Å². The molecule has 0 unspecified atom stereocenters. The normalized spacial score (nSPS) is 12.2. The van der Waals surface area contributed by atoms with E-state index in [2.05, 4.69) is 31.6 Å². The number of rotatable bonds is 4. The zero-order valence-corrected chi connectivity index (χ0v) is 17.1. The molecule has 2 N–H and O–H groups in total. The minimum Gasteiger partial charge on any atom is -0.479 e. The maximum atomic E-state index is 12.2. The largest absolute Gasteiger partial charge is 0.479 e. The van der Waals surface area contributed by atoms with Crippen LogP contribution in [0.4, 0.5) is 0 Å². The summed E-state index contributed by atoms with van der Waals surface area (Å²) in [6.45, 7) is 7.83. The highest BCUT2D eigenvalue weighted by Gasteiger charge is 2.18. The molecule has 0 aliphatic rings. The molecule has 2 amide bonds. The van der Waals surface area contributed by atoms with Gasteiger partial charge in [0.2, 0.25) is 0 Å². The maximum Gasteiger partial charge on any atom is 0.279 e. The first-order valence-electron chi connectivity index (χ1n) is 8.40. The van der Waals surface area contributed by atoms with Crippen LogP contribution in [0.5, 0.6) is 5.75 Å². The van der Waals surface area contributed by atoms with Gasteiger partial charge in [-0.1, -0.05) is 56.1 Å². The van der Waals surface area contributed by atoms with E-state index in [4.69, 9.17) is 27.9 Å². The third-order valence-electron chi connectivity index (χ3n) is 3.88. The Bertz CT molecular complexity index is 830. The Morgan fingerprint density at radius 2 is 1.63 bits per heavy atom. The number of benzene rings is 2. The van der Waals surface area contributed by atoms with Crippen molar-refractivity contribution >= 4 is 35.0 Å². The van der Waals surface area contributed by atoms with Crippen LogP contribution in [-0.4, -0.2) is 17.9 Å². The van der Waals surface area contributed by atoms with Gasteiger partial charge < -0.3 is 4.74 Å². The van der Waals surface area contributed by atoms with E-state index >= 15 is 0 Å². The van der Waals surface area contributed by atoms with E-state index in [-0.39, 0.29) is 5.41 Å². The summed E-state index contributed by atoms with van der Waals surface area (Å²) < 4.78 is 5.50. The Morgan fingerprint density at radius 3 is 2.19 bits per heavy atom. The van der Waals surface area contributed by atoms with Gasteiger partial charge in [0.05, 0.1) is 5.02 Å². The van der Waals surface area contributed by atoms with Gasteiger partial charge in [-0.25, -0.2) is 0 Å². The summed E-state index contributed by atoms with van der Waals surface area (Å²) in [7, 11) is 0. The first kappa shape index (κ1) is 21.1. The van der Waals surface area contributed by atoms with Crippen molar-refractivity contribution in [3.8, 4) is 5.75 Å². The summed E-state index contributed by atoms with van der Waals surface area (Å²) in [6.07, 6.45) is -0.868. The molecular formula is C20H22Cl2N2O3. The van der Waals surface area contributed by atoms with Gasteiger partial charge in [-0.05, 0) is 48.2 Å². The van der Waals surface area contributed by atoms with Crippen LogP contribution in [0, 0.1) is 0 Å². The Kier molecular flexibility index (Phi) is 6.73. The summed E-state index contributed by atoms with van der Waals surface area (Å²) in [5.41, 5.74) is 6.28. The van der Waals surface area contributed by atoms with Crippen LogP contribution in [0.25, 0.3) is 0 Å². The van der Waals surface area contributed by atoms with Crippen LogP contribution >= 0.6 is 23.2 Å². The number of halogens is 2. The van der Waals surface area contributed by atoms with E-state index < -0.39 is 17.9 Å². The summed E-state index contributed by atoms with van der Waals surface area (Å²) >= 11 is 11.8. The molecule has 1 atom stereocenters. The molecule has 2 rings (SSSR count). The lowest BCUT2D eigenvalue weighted by Crippen LogP contribution is -2.47. The number of hydrazine groups is 1. The van der Waals surface area contributed by atoms with Gasteiger partial charge in [-0.15, -0.1) is 0 Å². The lowest BCUT2D eigenvalue weighted by atomic mass is 9.87. The number of hydrogen-bond donors (Lipinski definition) is 2. The van der Waals surface area contributed by atoms with E-state index in [0.717, 1.165) is 5.56 Å². The minimum absolute atomic E-state index is 0.00106. The molecule has 5 nitrogen and oxygen atoms in total. The smallest absolute Gasteiger partial charge is 0.279 e. The van der Waals surface area contributed by atoms with Crippen LogP contribution in [0.1, 0.15) is 43.6 Å². The lowest BCUT2D eigenvalue weighted by molar-refractivity contribution is -0.128. The molecule has 0 aromatic heterocycles.